The number of fused-ring (bicyclic) bond motifs is 1. The number of carbonyl (C=O) groups is 1. The lowest BCUT2D eigenvalue weighted by molar-refractivity contribution is 0.0949. The van der Waals surface area contributed by atoms with Crippen molar-refractivity contribution in [3.05, 3.63) is 30.5 Å². The Morgan fingerprint density at radius 1 is 1.35 bits per heavy atom. The number of hydrogen-bond acceptors (Lipinski definition) is 4. The summed E-state index contributed by atoms with van der Waals surface area (Å²) in [5.41, 5.74) is 1.32. The van der Waals surface area contributed by atoms with Crippen LogP contribution in [0.1, 0.15) is 10.4 Å². The van der Waals surface area contributed by atoms with Crippen molar-refractivity contribution in [2.45, 2.75) is 0 Å². The van der Waals surface area contributed by atoms with E-state index in [9.17, 15) is 4.79 Å². The van der Waals surface area contributed by atoms with Gasteiger partial charge in [-0.05, 0) is 12.3 Å². The lowest BCUT2D eigenvalue weighted by atomic mass is 10.1. The maximum Gasteiger partial charge on any atom is 0.254 e. The third-order valence-corrected chi connectivity index (χ3v) is 2.69. The number of nitrogens with one attached hydrogen (secondary N) is 1. The molecule has 1 heterocycles. The van der Waals surface area contributed by atoms with Gasteiger partial charge in [0.05, 0.1) is 32.1 Å². The zero-order valence-corrected chi connectivity index (χ0v) is 9.82. The molecule has 90 valence electrons. The van der Waals surface area contributed by atoms with Gasteiger partial charge in [0.2, 0.25) is 0 Å². The largest absolute Gasteiger partial charge is 0.493 e. The molecule has 1 amide bonds. The highest BCUT2D eigenvalue weighted by Gasteiger charge is 2.23. The topological polar surface area (TPSA) is 50.8 Å². The van der Waals surface area contributed by atoms with Crippen LogP contribution in [0.5, 0.6) is 11.5 Å². The van der Waals surface area contributed by atoms with Gasteiger partial charge in [-0.15, -0.1) is 0 Å². The second-order valence-corrected chi connectivity index (χ2v) is 3.54. The molecule has 1 aromatic carbocycles. The molecule has 2 rings (SSSR count). The molecule has 0 atom stereocenters. The Bertz CT molecular complexity index is 471. The van der Waals surface area contributed by atoms with Crippen LogP contribution in [0.15, 0.2) is 24.9 Å². The molecule has 0 aromatic heterocycles. The van der Waals surface area contributed by atoms with Gasteiger partial charge >= 0.3 is 0 Å². The third-order valence-electron chi connectivity index (χ3n) is 2.69. The van der Waals surface area contributed by atoms with Crippen molar-refractivity contribution >= 4 is 11.6 Å². The number of carbonyl (C=O) groups excluding carboxylic acids is 1. The summed E-state index contributed by atoms with van der Waals surface area (Å²) in [6.07, 6.45) is 1.66. The lowest BCUT2D eigenvalue weighted by Gasteiger charge is -2.28. The summed E-state index contributed by atoms with van der Waals surface area (Å²) in [7, 11) is 3.10. The zero-order chi connectivity index (χ0) is 12.4. The van der Waals surface area contributed by atoms with Crippen molar-refractivity contribution in [2.75, 3.05) is 25.8 Å². The molecule has 1 N–H and O–H groups in total. The summed E-state index contributed by atoms with van der Waals surface area (Å²) in [5.74, 6) is 0.999. The Labute approximate surface area is 99.6 Å². The van der Waals surface area contributed by atoms with Gasteiger partial charge in [-0.3, -0.25) is 4.79 Å². The first kappa shape index (κ1) is 11.3. The van der Waals surface area contributed by atoms with E-state index in [2.05, 4.69) is 11.9 Å². The molecule has 1 aliphatic heterocycles. The fraction of sp³-hybridized carbons (Fsp3) is 0.250. The van der Waals surface area contributed by atoms with Gasteiger partial charge in [0.15, 0.2) is 11.5 Å². The van der Waals surface area contributed by atoms with E-state index in [4.69, 9.17) is 9.47 Å². The summed E-state index contributed by atoms with van der Waals surface area (Å²) in [4.78, 5) is 13.6. The normalized spacial score (nSPS) is 13.8. The van der Waals surface area contributed by atoms with Crippen molar-refractivity contribution in [1.29, 1.82) is 0 Å². The maximum atomic E-state index is 11.7. The molecule has 0 saturated heterocycles. The molecule has 0 unspecified atom stereocenters. The van der Waals surface area contributed by atoms with E-state index < -0.39 is 0 Å². The highest BCUT2D eigenvalue weighted by Crippen LogP contribution is 2.36. The van der Waals surface area contributed by atoms with E-state index in [1.54, 1.807) is 25.4 Å². The molecule has 17 heavy (non-hydrogen) atoms. The van der Waals surface area contributed by atoms with E-state index in [0.29, 0.717) is 23.7 Å². The summed E-state index contributed by atoms with van der Waals surface area (Å²) in [6, 6.07) is 3.44. The van der Waals surface area contributed by atoms with Crippen molar-refractivity contribution in [2.24, 2.45) is 0 Å². The summed E-state index contributed by atoms with van der Waals surface area (Å²) >= 11 is 0. The van der Waals surface area contributed by atoms with Gasteiger partial charge in [0.1, 0.15) is 0 Å². The lowest BCUT2D eigenvalue weighted by Crippen LogP contribution is -2.40. The van der Waals surface area contributed by atoms with Crippen LogP contribution >= 0.6 is 0 Å². The van der Waals surface area contributed by atoms with E-state index in [1.165, 1.54) is 7.11 Å². The van der Waals surface area contributed by atoms with Gasteiger partial charge in [0, 0.05) is 6.07 Å². The van der Waals surface area contributed by atoms with Crippen LogP contribution < -0.4 is 19.7 Å². The number of amides is 1. The molecule has 0 spiro atoms. The minimum absolute atomic E-state index is 0.126. The molecular weight excluding hydrogens is 220 g/mol. The number of nitrogens with zero attached hydrogens (tertiary/aromatic N) is 1. The molecule has 1 aliphatic rings. The molecule has 1 aromatic rings. The van der Waals surface area contributed by atoms with Gasteiger partial charge in [-0.2, -0.15) is 0 Å². The quantitative estimate of drug-likeness (QED) is 0.857. The molecular formula is C12H14N2O3. The molecule has 0 fully saturated rings. The fourth-order valence-electron chi connectivity index (χ4n) is 1.79. The van der Waals surface area contributed by atoms with Crippen molar-refractivity contribution in [3.8, 4) is 11.5 Å². The zero-order valence-electron chi connectivity index (χ0n) is 9.82. The summed E-state index contributed by atoms with van der Waals surface area (Å²) in [5, 5.41) is 2.75. The van der Waals surface area contributed by atoms with Crippen LogP contribution in [-0.4, -0.2) is 26.8 Å². The number of anilines is 1. The first-order valence-corrected chi connectivity index (χ1v) is 5.14. The van der Waals surface area contributed by atoms with E-state index in [-0.39, 0.29) is 5.91 Å². The smallest absolute Gasteiger partial charge is 0.254 e. The second kappa shape index (κ2) is 4.37. The predicted molar refractivity (Wildman–Crippen MR) is 64.6 cm³/mol. The fourth-order valence-corrected chi connectivity index (χ4v) is 1.79. The Hall–Kier alpha value is -2.17. The predicted octanol–water partition coefficient (Wildman–Crippen LogP) is 1.35. The Kier molecular flexibility index (Phi) is 2.91. The second-order valence-electron chi connectivity index (χ2n) is 3.54. The van der Waals surface area contributed by atoms with Crippen LogP contribution in [0.2, 0.25) is 0 Å². The summed E-state index contributed by atoms with van der Waals surface area (Å²) in [6.45, 7) is 4.12. The van der Waals surface area contributed by atoms with Crippen LogP contribution in [0, 0.1) is 0 Å². The highest BCUT2D eigenvalue weighted by atomic mass is 16.5. The van der Waals surface area contributed by atoms with Gasteiger partial charge in [0.25, 0.3) is 5.91 Å². The molecule has 0 aliphatic carbocycles. The average molecular weight is 234 g/mol. The molecule has 5 nitrogen and oxygen atoms in total. The monoisotopic (exact) mass is 234 g/mol. The van der Waals surface area contributed by atoms with E-state index >= 15 is 0 Å². The summed E-state index contributed by atoms with van der Waals surface area (Å²) < 4.78 is 10.4. The average Bonchev–Trinajstić information content (AvgIpc) is 2.38. The Morgan fingerprint density at radius 3 is 2.59 bits per heavy atom. The van der Waals surface area contributed by atoms with Crippen molar-refractivity contribution in [3.63, 3.8) is 0 Å². The van der Waals surface area contributed by atoms with E-state index in [0.717, 1.165) is 5.69 Å². The van der Waals surface area contributed by atoms with Gasteiger partial charge in [-0.1, -0.05) is 6.58 Å². The van der Waals surface area contributed by atoms with E-state index in [1.807, 2.05) is 4.90 Å². The minimum atomic E-state index is -0.126. The van der Waals surface area contributed by atoms with Crippen molar-refractivity contribution < 1.29 is 14.3 Å². The molecule has 0 saturated carbocycles. The number of ether oxygens (including phenoxy) is 2. The van der Waals surface area contributed by atoms with Crippen LogP contribution in [-0.2, 0) is 0 Å². The highest BCUT2D eigenvalue weighted by molar-refractivity contribution is 6.02. The van der Waals surface area contributed by atoms with Crippen molar-refractivity contribution in [1.82, 2.24) is 5.32 Å². The number of benzene rings is 1. The molecule has 0 radical (unpaired) electrons. The maximum absolute atomic E-state index is 11.7. The minimum Gasteiger partial charge on any atom is -0.493 e. The third kappa shape index (κ3) is 1.80. The standard InChI is InChI=1S/C12H14N2O3/c1-4-14-7-13-12(15)8-5-10(16-2)11(17-3)6-9(8)14/h4-6H,1,7H2,2-3H3,(H,13,15). The van der Waals surface area contributed by atoms with Gasteiger partial charge in [-0.25, -0.2) is 0 Å². The first-order valence-electron chi connectivity index (χ1n) is 5.14. The SMILES string of the molecule is C=CN1CNC(=O)c2cc(OC)c(OC)cc21. The number of hydrogen-bond donors (Lipinski definition) is 1. The van der Waals surface area contributed by atoms with Crippen LogP contribution in [0.4, 0.5) is 5.69 Å². The Morgan fingerprint density at radius 2 is 2.00 bits per heavy atom. The molecule has 0 bridgehead atoms. The first-order chi connectivity index (χ1) is 8.21. The van der Waals surface area contributed by atoms with Crippen LogP contribution in [0.25, 0.3) is 0 Å². The van der Waals surface area contributed by atoms with Crippen LogP contribution in [0.3, 0.4) is 0 Å². The number of rotatable bonds is 3. The number of methoxy groups -OCH3 is 2. The van der Waals surface area contributed by atoms with Gasteiger partial charge < -0.3 is 19.7 Å². The Balaban J connectivity index is 2.59. The molecule has 5 heteroatoms.